The van der Waals surface area contributed by atoms with Crippen LogP contribution < -0.4 is 14.8 Å². The van der Waals surface area contributed by atoms with Crippen LogP contribution >= 0.6 is 0 Å². The van der Waals surface area contributed by atoms with Gasteiger partial charge in [-0.25, -0.2) is 0 Å². The van der Waals surface area contributed by atoms with E-state index in [2.05, 4.69) is 17.4 Å². The maximum atomic E-state index is 12.1. The predicted molar refractivity (Wildman–Crippen MR) is 104 cm³/mol. The molecule has 0 aromatic heterocycles. The number of hydrogen-bond donors (Lipinski definition) is 1. The molecule has 0 spiro atoms. The van der Waals surface area contributed by atoms with E-state index < -0.39 is 0 Å². The van der Waals surface area contributed by atoms with Crippen LogP contribution in [-0.2, 0) is 11.2 Å². The minimum atomic E-state index is -0.0170. The highest BCUT2D eigenvalue weighted by Gasteiger charge is 2.06. The van der Waals surface area contributed by atoms with E-state index in [4.69, 9.17) is 9.47 Å². The van der Waals surface area contributed by atoms with Gasteiger partial charge in [0, 0.05) is 0 Å². The molecule has 0 aliphatic carbocycles. The van der Waals surface area contributed by atoms with Gasteiger partial charge in [0.25, 0.3) is 0 Å². The average molecular weight is 349 g/mol. The second-order valence-corrected chi connectivity index (χ2v) is 6.19. The van der Waals surface area contributed by atoms with Crippen molar-refractivity contribution >= 4 is 16.7 Å². The molecule has 26 heavy (non-hydrogen) atoms. The van der Waals surface area contributed by atoms with E-state index >= 15 is 0 Å². The van der Waals surface area contributed by atoms with Crippen molar-refractivity contribution in [3.05, 3.63) is 71.8 Å². The SMILES string of the molecule is COc1ccc(CC(=O)NCCOc2ccc3ccccc3c2)cc1C. The van der Waals surface area contributed by atoms with Crippen LogP contribution in [0.15, 0.2) is 60.7 Å². The Kier molecular flexibility index (Phi) is 5.74. The Balaban J connectivity index is 1.45. The van der Waals surface area contributed by atoms with Crippen LogP contribution in [0.4, 0.5) is 0 Å². The van der Waals surface area contributed by atoms with E-state index in [1.165, 1.54) is 5.39 Å². The van der Waals surface area contributed by atoms with E-state index in [0.717, 1.165) is 28.0 Å². The maximum absolute atomic E-state index is 12.1. The Hall–Kier alpha value is -3.01. The minimum absolute atomic E-state index is 0.0170. The Morgan fingerprint density at radius 2 is 1.81 bits per heavy atom. The summed E-state index contributed by atoms with van der Waals surface area (Å²) in [5.74, 6) is 1.62. The Labute approximate surface area is 153 Å². The lowest BCUT2D eigenvalue weighted by Crippen LogP contribution is -2.29. The molecule has 0 atom stereocenters. The first-order chi connectivity index (χ1) is 12.7. The highest BCUT2D eigenvalue weighted by Crippen LogP contribution is 2.20. The molecule has 0 unspecified atom stereocenters. The Morgan fingerprint density at radius 3 is 2.58 bits per heavy atom. The second kappa shape index (κ2) is 8.39. The number of carbonyl (C=O) groups is 1. The molecular weight excluding hydrogens is 326 g/mol. The smallest absolute Gasteiger partial charge is 0.224 e. The summed E-state index contributed by atoms with van der Waals surface area (Å²) in [4.78, 5) is 12.1. The van der Waals surface area contributed by atoms with Crippen molar-refractivity contribution in [1.82, 2.24) is 5.32 Å². The van der Waals surface area contributed by atoms with Gasteiger partial charge in [-0.3, -0.25) is 4.79 Å². The fourth-order valence-electron chi connectivity index (χ4n) is 2.91. The lowest BCUT2D eigenvalue weighted by atomic mass is 10.1. The number of benzene rings is 3. The molecule has 0 aliphatic heterocycles. The molecule has 0 fully saturated rings. The van der Waals surface area contributed by atoms with Crippen LogP contribution in [0.2, 0.25) is 0 Å². The number of nitrogens with one attached hydrogen (secondary N) is 1. The topological polar surface area (TPSA) is 47.6 Å². The summed E-state index contributed by atoms with van der Waals surface area (Å²) in [6.07, 6.45) is 0.348. The monoisotopic (exact) mass is 349 g/mol. The van der Waals surface area contributed by atoms with Gasteiger partial charge >= 0.3 is 0 Å². The third kappa shape index (κ3) is 4.54. The van der Waals surface area contributed by atoms with Crippen LogP contribution in [0.5, 0.6) is 11.5 Å². The van der Waals surface area contributed by atoms with Crippen molar-refractivity contribution in [1.29, 1.82) is 0 Å². The van der Waals surface area contributed by atoms with Gasteiger partial charge in [-0.05, 0) is 47.0 Å². The van der Waals surface area contributed by atoms with Crippen LogP contribution in [0.3, 0.4) is 0 Å². The van der Waals surface area contributed by atoms with Gasteiger partial charge in [-0.1, -0.05) is 42.5 Å². The van der Waals surface area contributed by atoms with Gasteiger partial charge in [-0.15, -0.1) is 0 Å². The van der Waals surface area contributed by atoms with Crippen molar-refractivity contribution in [3.8, 4) is 11.5 Å². The number of rotatable bonds is 7. The van der Waals surface area contributed by atoms with Crippen LogP contribution in [0.1, 0.15) is 11.1 Å². The first-order valence-electron chi connectivity index (χ1n) is 8.67. The van der Waals surface area contributed by atoms with E-state index in [0.29, 0.717) is 19.6 Å². The lowest BCUT2D eigenvalue weighted by Gasteiger charge is -2.10. The van der Waals surface area contributed by atoms with Crippen LogP contribution in [-0.4, -0.2) is 26.2 Å². The zero-order valence-corrected chi connectivity index (χ0v) is 15.1. The lowest BCUT2D eigenvalue weighted by molar-refractivity contribution is -0.120. The molecule has 0 saturated carbocycles. The number of carbonyl (C=O) groups excluding carboxylic acids is 1. The third-order valence-corrected chi connectivity index (χ3v) is 4.24. The minimum Gasteiger partial charge on any atom is -0.496 e. The van der Waals surface area contributed by atoms with Gasteiger partial charge in [0.15, 0.2) is 0 Å². The molecule has 0 aliphatic rings. The van der Waals surface area contributed by atoms with Gasteiger partial charge in [0.1, 0.15) is 18.1 Å². The van der Waals surface area contributed by atoms with E-state index in [1.54, 1.807) is 7.11 Å². The van der Waals surface area contributed by atoms with Crippen LogP contribution in [0.25, 0.3) is 10.8 Å². The number of hydrogen-bond acceptors (Lipinski definition) is 3. The predicted octanol–water partition coefficient (Wildman–Crippen LogP) is 3.89. The molecule has 0 radical (unpaired) electrons. The van der Waals surface area contributed by atoms with E-state index in [-0.39, 0.29) is 5.91 Å². The molecule has 3 aromatic carbocycles. The maximum Gasteiger partial charge on any atom is 0.224 e. The second-order valence-electron chi connectivity index (χ2n) is 6.19. The van der Waals surface area contributed by atoms with Crippen molar-refractivity contribution in [3.63, 3.8) is 0 Å². The quantitative estimate of drug-likeness (QED) is 0.658. The van der Waals surface area contributed by atoms with Crippen LogP contribution in [0, 0.1) is 6.92 Å². The molecule has 3 rings (SSSR count). The molecule has 134 valence electrons. The molecule has 1 amide bonds. The summed E-state index contributed by atoms with van der Waals surface area (Å²) in [6, 6.07) is 19.9. The fraction of sp³-hybridized carbons (Fsp3) is 0.227. The molecular formula is C22H23NO3. The molecule has 0 bridgehead atoms. The van der Waals surface area contributed by atoms with Gasteiger partial charge in [-0.2, -0.15) is 0 Å². The standard InChI is InChI=1S/C22H23NO3/c1-16-13-17(7-10-21(16)25-2)14-22(24)23-11-12-26-20-9-8-18-5-3-4-6-19(18)15-20/h3-10,13,15H,11-12,14H2,1-2H3,(H,23,24). The average Bonchev–Trinajstić information content (AvgIpc) is 2.65. The summed E-state index contributed by atoms with van der Waals surface area (Å²) in [5.41, 5.74) is 1.99. The Morgan fingerprint density at radius 1 is 1.00 bits per heavy atom. The summed E-state index contributed by atoms with van der Waals surface area (Å²) in [6.45, 7) is 2.88. The number of methoxy groups -OCH3 is 1. The molecule has 3 aromatic rings. The number of aryl methyl sites for hydroxylation is 1. The Bertz CT molecular complexity index is 905. The highest BCUT2D eigenvalue weighted by atomic mass is 16.5. The zero-order chi connectivity index (χ0) is 18.4. The third-order valence-electron chi connectivity index (χ3n) is 4.24. The molecule has 0 saturated heterocycles. The van der Waals surface area contributed by atoms with Gasteiger partial charge in [0.2, 0.25) is 5.91 Å². The largest absolute Gasteiger partial charge is 0.496 e. The highest BCUT2D eigenvalue weighted by molar-refractivity contribution is 5.83. The first-order valence-corrected chi connectivity index (χ1v) is 8.67. The summed E-state index contributed by atoms with van der Waals surface area (Å²) in [7, 11) is 1.64. The molecule has 0 heterocycles. The van der Waals surface area contributed by atoms with Crippen molar-refractivity contribution in [2.24, 2.45) is 0 Å². The molecule has 4 heteroatoms. The fourth-order valence-corrected chi connectivity index (χ4v) is 2.91. The summed E-state index contributed by atoms with van der Waals surface area (Å²) >= 11 is 0. The van der Waals surface area contributed by atoms with E-state index in [1.807, 2.05) is 55.5 Å². The van der Waals surface area contributed by atoms with Crippen molar-refractivity contribution < 1.29 is 14.3 Å². The number of ether oxygens (including phenoxy) is 2. The van der Waals surface area contributed by atoms with Gasteiger partial charge in [0.05, 0.1) is 20.1 Å². The molecule has 1 N–H and O–H groups in total. The van der Waals surface area contributed by atoms with Crippen molar-refractivity contribution in [2.75, 3.05) is 20.3 Å². The van der Waals surface area contributed by atoms with Crippen molar-refractivity contribution in [2.45, 2.75) is 13.3 Å². The van der Waals surface area contributed by atoms with Gasteiger partial charge < -0.3 is 14.8 Å². The normalized spacial score (nSPS) is 10.5. The zero-order valence-electron chi connectivity index (χ0n) is 15.1. The summed E-state index contributed by atoms with van der Waals surface area (Å²) in [5, 5.41) is 5.22. The van der Waals surface area contributed by atoms with E-state index in [9.17, 15) is 4.79 Å². The number of fused-ring (bicyclic) bond motifs is 1. The number of amides is 1. The molecule has 4 nitrogen and oxygen atoms in total. The first kappa shape index (κ1) is 17.8. The summed E-state index contributed by atoms with van der Waals surface area (Å²) < 4.78 is 11.0.